The molecule has 0 saturated carbocycles. The molecule has 2 aliphatic rings. The molecule has 1 saturated heterocycles. The molecule has 0 bridgehead atoms. The van der Waals surface area contributed by atoms with E-state index in [0.717, 1.165) is 32.6 Å². The average molecular weight is 316 g/mol. The van der Waals surface area contributed by atoms with Crippen LogP contribution in [0.15, 0.2) is 18.2 Å². The van der Waals surface area contributed by atoms with E-state index in [-0.39, 0.29) is 6.03 Å². The molecule has 0 radical (unpaired) electrons. The van der Waals surface area contributed by atoms with Crippen molar-refractivity contribution in [2.24, 2.45) is 5.92 Å². The number of hydrogen-bond donors (Lipinski definition) is 3. The first-order valence-corrected chi connectivity index (χ1v) is 8.68. The van der Waals surface area contributed by atoms with Crippen LogP contribution in [0, 0.1) is 5.92 Å². The molecule has 1 fully saturated rings. The highest BCUT2D eigenvalue weighted by Crippen LogP contribution is 2.27. The lowest BCUT2D eigenvalue weighted by molar-refractivity contribution is 0.190. The summed E-state index contributed by atoms with van der Waals surface area (Å²) in [6.07, 6.45) is 0.958. The second kappa shape index (κ2) is 6.89. The zero-order valence-corrected chi connectivity index (χ0v) is 14.4. The zero-order valence-electron chi connectivity index (χ0n) is 14.4. The highest BCUT2D eigenvalue weighted by atomic mass is 16.2. The summed E-state index contributed by atoms with van der Waals surface area (Å²) in [4.78, 5) is 14.4. The SMILES string of the molecule is CC(C)c1cccc2c1CCN(C(=O)NCC1CNNC1C)C2. The predicted molar refractivity (Wildman–Crippen MR) is 92.1 cm³/mol. The van der Waals surface area contributed by atoms with Gasteiger partial charge in [-0.2, -0.15) is 0 Å². The van der Waals surface area contributed by atoms with Crippen LogP contribution in [0.3, 0.4) is 0 Å². The standard InChI is InChI=1S/C18H28N4O/c1-12(2)16-6-4-5-14-11-22(8-7-17(14)16)18(23)19-9-15-10-20-21-13(15)3/h4-6,12-13,15,20-21H,7-11H2,1-3H3,(H,19,23). The van der Waals surface area contributed by atoms with Gasteiger partial charge in [-0.05, 0) is 36.0 Å². The molecule has 1 aromatic rings. The van der Waals surface area contributed by atoms with Crippen LogP contribution in [-0.2, 0) is 13.0 Å². The summed E-state index contributed by atoms with van der Waals surface area (Å²) >= 11 is 0. The minimum atomic E-state index is 0.0599. The maximum Gasteiger partial charge on any atom is 0.317 e. The molecule has 3 rings (SSSR count). The first kappa shape index (κ1) is 16.3. The summed E-state index contributed by atoms with van der Waals surface area (Å²) in [6.45, 7) is 9.76. The summed E-state index contributed by atoms with van der Waals surface area (Å²) in [5.41, 5.74) is 10.5. The Morgan fingerprint density at radius 3 is 2.96 bits per heavy atom. The third kappa shape index (κ3) is 3.51. The molecular formula is C18H28N4O. The molecule has 2 atom stereocenters. The van der Waals surface area contributed by atoms with Crippen LogP contribution >= 0.6 is 0 Å². The van der Waals surface area contributed by atoms with E-state index in [0.29, 0.717) is 17.9 Å². The predicted octanol–water partition coefficient (Wildman–Crippen LogP) is 1.99. The highest BCUT2D eigenvalue weighted by molar-refractivity contribution is 5.74. The molecule has 2 aliphatic heterocycles. The molecule has 2 unspecified atom stereocenters. The molecule has 1 aromatic carbocycles. The van der Waals surface area contributed by atoms with E-state index >= 15 is 0 Å². The van der Waals surface area contributed by atoms with Crippen molar-refractivity contribution in [3.63, 3.8) is 0 Å². The molecular weight excluding hydrogens is 288 g/mol. The molecule has 0 aliphatic carbocycles. The Morgan fingerprint density at radius 1 is 1.43 bits per heavy atom. The summed E-state index contributed by atoms with van der Waals surface area (Å²) in [7, 11) is 0. The van der Waals surface area contributed by atoms with E-state index in [9.17, 15) is 4.79 Å². The molecule has 0 spiro atoms. The fourth-order valence-electron chi connectivity index (χ4n) is 3.58. The summed E-state index contributed by atoms with van der Waals surface area (Å²) in [6, 6.07) is 6.96. The first-order chi connectivity index (χ1) is 11.1. The number of amides is 2. The lowest BCUT2D eigenvalue weighted by Gasteiger charge is -2.31. The van der Waals surface area contributed by atoms with Gasteiger partial charge >= 0.3 is 6.03 Å². The number of carbonyl (C=O) groups is 1. The number of rotatable bonds is 3. The Morgan fingerprint density at radius 2 is 2.26 bits per heavy atom. The van der Waals surface area contributed by atoms with Crippen LogP contribution in [0.2, 0.25) is 0 Å². The second-order valence-corrected chi connectivity index (χ2v) is 7.07. The van der Waals surface area contributed by atoms with E-state index in [2.05, 4.69) is 55.1 Å². The Labute approximate surface area is 138 Å². The smallest absolute Gasteiger partial charge is 0.317 e. The van der Waals surface area contributed by atoms with Gasteiger partial charge in [-0.1, -0.05) is 32.0 Å². The second-order valence-electron chi connectivity index (χ2n) is 7.07. The Balaban J connectivity index is 1.60. The van der Waals surface area contributed by atoms with E-state index < -0.39 is 0 Å². The van der Waals surface area contributed by atoms with E-state index in [1.165, 1.54) is 16.7 Å². The summed E-state index contributed by atoms with van der Waals surface area (Å²) in [5.74, 6) is 0.984. The maximum absolute atomic E-state index is 12.5. The Kier molecular flexibility index (Phi) is 4.87. The zero-order chi connectivity index (χ0) is 16.4. The van der Waals surface area contributed by atoms with Gasteiger partial charge in [0, 0.05) is 38.1 Å². The summed E-state index contributed by atoms with van der Waals surface area (Å²) < 4.78 is 0. The van der Waals surface area contributed by atoms with Crippen LogP contribution in [-0.4, -0.2) is 36.6 Å². The minimum Gasteiger partial charge on any atom is -0.338 e. The van der Waals surface area contributed by atoms with E-state index in [1.807, 2.05) is 4.90 Å². The van der Waals surface area contributed by atoms with Crippen molar-refractivity contribution in [3.8, 4) is 0 Å². The van der Waals surface area contributed by atoms with Crippen molar-refractivity contribution in [2.45, 2.75) is 45.7 Å². The molecule has 0 aromatic heterocycles. The molecule has 2 amide bonds. The van der Waals surface area contributed by atoms with Gasteiger partial charge in [-0.3, -0.25) is 10.9 Å². The van der Waals surface area contributed by atoms with Crippen molar-refractivity contribution in [1.29, 1.82) is 0 Å². The molecule has 126 valence electrons. The number of nitrogens with one attached hydrogen (secondary N) is 3. The minimum absolute atomic E-state index is 0.0599. The fraction of sp³-hybridized carbons (Fsp3) is 0.611. The number of carbonyl (C=O) groups excluding carboxylic acids is 1. The molecule has 23 heavy (non-hydrogen) atoms. The number of hydrazine groups is 1. The van der Waals surface area contributed by atoms with Crippen molar-refractivity contribution >= 4 is 6.03 Å². The van der Waals surface area contributed by atoms with Gasteiger partial charge in [0.25, 0.3) is 0 Å². The fourth-order valence-corrected chi connectivity index (χ4v) is 3.58. The number of fused-ring (bicyclic) bond motifs is 1. The number of urea groups is 1. The van der Waals surface area contributed by atoms with Gasteiger partial charge < -0.3 is 10.2 Å². The van der Waals surface area contributed by atoms with Crippen LogP contribution in [0.5, 0.6) is 0 Å². The molecule has 5 nitrogen and oxygen atoms in total. The lowest BCUT2D eigenvalue weighted by Crippen LogP contribution is -2.45. The monoisotopic (exact) mass is 316 g/mol. The van der Waals surface area contributed by atoms with Crippen molar-refractivity contribution < 1.29 is 4.79 Å². The number of hydrogen-bond acceptors (Lipinski definition) is 3. The normalized spacial score (nSPS) is 23.9. The van der Waals surface area contributed by atoms with Crippen LogP contribution in [0.25, 0.3) is 0 Å². The quantitative estimate of drug-likeness (QED) is 0.799. The van der Waals surface area contributed by atoms with Crippen LogP contribution < -0.4 is 16.2 Å². The average Bonchev–Trinajstić information content (AvgIpc) is 2.96. The first-order valence-electron chi connectivity index (χ1n) is 8.68. The van der Waals surface area contributed by atoms with Crippen molar-refractivity contribution in [2.75, 3.05) is 19.6 Å². The highest BCUT2D eigenvalue weighted by Gasteiger charge is 2.26. The van der Waals surface area contributed by atoms with Gasteiger partial charge in [0.05, 0.1) is 0 Å². The van der Waals surface area contributed by atoms with Crippen molar-refractivity contribution in [1.82, 2.24) is 21.1 Å². The third-order valence-corrected chi connectivity index (χ3v) is 5.13. The van der Waals surface area contributed by atoms with Gasteiger partial charge in [0.15, 0.2) is 0 Å². The van der Waals surface area contributed by atoms with Gasteiger partial charge in [0.1, 0.15) is 0 Å². The Hall–Kier alpha value is -1.59. The van der Waals surface area contributed by atoms with Gasteiger partial charge in [-0.15, -0.1) is 0 Å². The number of benzene rings is 1. The molecule has 5 heteroatoms. The van der Waals surface area contributed by atoms with Crippen LogP contribution in [0.1, 0.15) is 43.4 Å². The number of nitrogens with zero attached hydrogens (tertiary/aromatic N) is 1. The Bertz CT molecular complexity index is 572. The van der Waals surface area contributed by atoms with Crippen molar-refractivity contribution in [3.05, 3.63) is 34.9 Å². The largest absolute Gasteiger partial charge is 0.338 e. The van der Waals surface area contributed by atoms with Gasteiger partial charge in [-0.25, -0.2) is 4.79 Å². The van der Waals surface area contributed by atoms with Crippen LogP contribution in [0.4, 0.5) is 4.79 Å². The molecule has 3 N–H and O–H groups in total. The topological polar surface area (TPSA) is 56.4 Å². The van der Waals surface area contributed by atoms with Gasteiger partial charge in [0.2, 0.25) is 0 Å². The van der Waals surface area contributed by atoms with E-state index in [4.69, 9.17) is 0 Å². The van der Waals surface area contributed by atoms with E-state index in [1.54, 1.807) is 0 Å². The summed E-state index contributed by atoms with van der Waals surface area (Å²) in [5, 5.41) is 3.10. The lowest BCUT2D eigenvalue weighted by atomic mass is 9.89. The molecule has 2 heterocycles. The third-order valence-electron chi connectivity index (χ3n) is 5.13. The maximum atomic E-state index is 12.5.